The van der Waals surface area contributed by atoms with Crippen LogP contribution in [0.1, 0.15) is 38.8 Å². The summed E-state index contributed by atoms with van der Waals surface area (Å²) < 4.78 is 52.9. The number of hydrogen-bond donors (Lipinski definition) is 2. The average Bonchev–Trinajstić information content (AvgIpc) is 2.75. The van der Waals surface area contributed by atoms with Crippen LogP contribution in [-0.2, 0) is 24.5 Å². The summed E-state index contributed by atoms with van der Waals surface area (Å²) in [7, 11) is -2.67. The molecule has 3 rings (SSSR count). The van der Waals surface area contributed by atoms with E-state index in [0.717, 1.165) is 10.4 Å². The molecule has 1 aliphatic rings. The number of benzene rings is 2. The summed E-state index contributed by atoms with van der Waals surface area (Å²) in [5.41, 5.74) is 0.226. The number of nitrogens with one attached hydrogen (secondary N) is 2. The molecule has 1 amide bonds. The Bertz CT molecular complexity index is 1200. The molecule has 2 aromatic carbocycles. The lowest BCUT2D eigenvalue weighted by Crippen LogP contribution is -2.55. The normalized spacial score (nSPS) is 20.2. The summed E-state index contributed by atoms with van der Waals surface area (Å²) in [6, 6.07) is 8.47. The van der Waals surface area contributed by atoms with Crippen molar-refractivity contribution >= 4 is 39.4 Å². The molecule has 2 atom stereocenters. The van der Waals surface area contributed by atoms with E-state index in [1.54, 1.807) is 45.0 Å². The van der Waals surface area contributed by atoms with Gasteiger partial charge in [-0.25, -0.2) is 9.18 Å². The molecular formula is C23H27ClFN3O6S. The van der Waals surface area contributed by atoms with E-state index in [4.69, 9.17) is 21.1 Å². The Kier molecular flexibility index (Phi) is 8.05. The average molecular weight is 528 g/mol. The zero-order chi connectivity index (χ0) is 26.0. The summed E-state index contributed by atoms with van der Waals surface area (Å²) in [6.07, 6.45) is 0.134. The Morgan fingerprint density at radius 1 is 1.20 bits per heavy atom. The van der Waals surface area contributed by atoms with Gasteiger partial charge in [0.1, 0.15) is 23.2 Å². The van der Waals surface area contributed by atoms with Crippen molar-refractivity contribution in [2.45, 2.75) is 44.9 Å². The van der Waals surface area contributed by atoms with E-state index < -0.39 is 45.6 Å². The van der Waals surface area contributed by atoms with E-state index >= 15 is 0 Å². The van der Waals surface area contributed by atoms with Crippen LogP contribution in [-0.4, -0.2) is 49.9 Å². The summed E-state index contributed by atoms with van der Waals surface area (Å²) in [4.78, 5) is 24.7. The fraction of sp³-hybridized carbons (Fsp3) is 0.391. The lowest BCUT2D eigenvalue weighted by atomic mass is 9.99. The first-order valence-corrected chi connectivity index (χ1v) is 12.5. The maximum atomic E-state index is 13.4. The topological polar surface area (TPSA) is 114 Å². The van der Waals surface area contributed by atoms with E-state index in [-0.39, 0.29) is 23.7 Å². The van der Waals surface area contributed by atoms with Gasteiger partial charge in [-0.05, 0) is 63.1 Å². The highest BCUT2D eigenvalue weighted by Crippen LogP contribution is 2.30. The number of ether oxygens (including phenoxy) is 2. The van der Waals surface area contributed by atoms with Gasteiger partial charge in [-0.1, -0.05) is 23.7 Å². The van der Waals surface area contributed by atoms with E-state index in [0.29, 0.717) is 11.3 Å². The van der Waals surface area contributed by atoms with Crippen LogP contribution in [0.5, 0.6) is 5.75 Å². The summed E-state index contributed by atoms with van der Waals surface area (Å²) in [5.74, 6) is -1.33. The first kappa shape index (κ1) is 26.9. The van der Waals surface area contributed by atoms with Crippen LogP contribution in [0.4, 0.5) is 10.1 Å². The highest BCUT2D eigenvalue weighted by atomic mass is 35.5. The summed E-state index contributed by atoms with van der Waals surface area (Å²) in [5, 5.41) is 2.42. The molecule has 0 bridgehead atoms. The molecule has 190 valence electrons. The van der Waals surface area contributed by atoms with Gasteiger partial charge in [0.15, 0.2) is 6.61 Å². The molecule has 0 saturated carbocycles. The summed E-state index contributed by atoms with van der Waals surface area (Å²) >= 11 is 5.76. The van der Waals surface area contributed by atoms with Crippen LogP contribution in [0.25, 0.3) is 0 Å². The van der Waals surface area contributed by atoms with E-state index in [1.165, 1.54) is 19.2 Å². The molecule has 2 unspecified atom stereocenters. The third-order valence-corrected chi connectivity index (χ3v) is 7.00. The van der Waals surface area contributed by atoms with Gasteiger partial charge >= 0.3 is 5.97 Å². The second kappa shape index (κ2) is 10.5. The molecule has 35 heavy (non-hydrogen) atoms. The number of hydrogen-bond acceptors (Lipinski definition) is 6. The van der Waals surface area contributed by atoms with Crippen LogP contribution in [0.15, 0.2) is 42.5 Å². The Hall–Kier alpha value is -2.73. The SMILES string of the molecule is CN1C(C(=O)Nc2ccc(F)c(Cl)c2)CC(c2ccc(OCC(=O)OC(C)(C)C)cc2)NS1(=O)=O. The molecule has 9 nitrogen and oxygen atoms in total. The molecule has 0 aromatic heterocycles. The van der Waals surface area contributed by atoms with Gasteiger partial charge in [0.25, 0.3) is 10.2 Å². The van der Waals surface area contributed by atoms with E-state index in [1.807, 2.05) is 0 Å². The van der Waals surface area contributed by atoms with Gasteiger partial charge in [0, 0.05) is 18.8 Å². The molecule has 1 aliphatic heterocycles. The lowest BCUT2D eigenvalue weighted by molar-refractivity contribution is -0.157. The predicted molar refractivity (Wildman–Crippen MR) is 129 cm³/mol. The predicted octanol–water partition coefficient (Wildman–Crippen LogP) is 3.42. The Balaban J connectivity index is 1.69. The van der Waals surface area contributed by atoms with Gasteiger partial charge in [0.05, 0.1) is 5.02 Å². The zero-order valence-corrected chi connectivity index (χ0v) is 21.2. The number of likely N-dealkylation sites (N-methyl/N-ethyl adjacent to an activating group) is 1. The molecule has 12 heteroatoms. The highest BCUT2D eigenvalue weighted by Gasteiger charge is 2.40. The maximum absolute atomic E-state index is 13.4. The van der Waals surface area contributed by atoms with E-state index in [9.17, 15) is 22.4 Å². The fourth-order valence-corrected chi connectivity index (χ4v) is 4.89. The standard InChI is InChI=1S/C23H27ClFN3O6S/c1-23(2,3)34-21(29)13-33-16-8-5-14(6-9-16)19-12-20(28(4)35(31,32)27-19)22(30)26-15-7-10-18(25)17(24)11-15/h5-11,19-20,27H,12-13H2,1-4H3,(H,26,30). The van der Waals surface area contributed by atoms with Crippen molar-refractivity contribution in [2.24, 2.45) is 0 Å². The van der Waals surface area contributed by atoms with Gasteiger partial charge in [-0.2, -0.15) is 17.4 Å². The first-order chi connectivity index (χ1) is 16.2. The quantitative estimate of drug-likeness (QED) is 0.556. The molecular weight excluding hydrogens is 501 g/mol. The number of rotatable bonds is 6. The van der Waals surface area contributed by atoms with Gasteiger partial charge in [-0.3, -0.25) is 4.79 Å². The molecule has 1 saturated heterocycles. The van der Waals surface area contributed by atoms with Gasteiger partial charge in [-0.15, -0.1) is 0 Å². The van der Waals surface area contributed by atoms with E-state index in [2.05, 4.69) is 10.0 Å². The van der Waals surface area contributed by atoms with Crippen molar-refractivity contribution in [3.05, 3.63) is 58.9 Å². The van der Waals surface area contributed by atoms with Crippen LogP contribution in [0.3, 0.4) is 0 Å². The van der Waals surface area contributed by atoms with Crippen molar-refractivity contribution in [3.8, 4) is 5.75 Å². The number of carbonyl (C=O) groups excluding carboxylic acids is 2. The largest absolute Gasteiger partial charge is 0.482 e. The highest BCUT2D eigenvalue weighted by molar-refractivity contribution is 7.87. The Morgan fingerprint density at radius 2 is 1.86 bits per heavy atom. The third-order valence-electron chi connectivity index (χ3n) is 5.12. The van der Waals surface area contributed by atoms with Crippen LogP contribution in [0, 0.1) is 5.82 Å². The molecule has 2 N–H and O–H groups in total. The third kappa shape index (κ3) is 7.14. The molecule has 1 heterocycles. The number of anilines is 1. The molecule has 1 fully saturated rings. The second-order valence-electron chi connectivity index (χ2n) is 9.01. The number of carbonyl (C=O) groups is 2. The summed E-state index contributed by atoms with van der Waals surface area (Å²) in [6.45, 7) is 4.99. The minimum absolute atomic E-state index is 0.134. The fourth-order valence-electron chi connectivity index (χ4n) is 3.44. The minimum Gasteiger partial charge on any atom is -0.482 e. The van der Waals surface area contributed by atoms with Crippen LogP contribution < -0.4 is 14.8 Å². The van der Waals surface area contributed by atoms with Crippen molar-refractivity contribution in [2.75, 3.05) is 19.0 Å². The Labute approximate surface area is 208 Å². The second-order valence-corrected chi connectivity index (χ2v) is 11.2. The van der Waals surface area contributed by atoms with Crippen molar-refractivity contribution in [3.63, 3.8) is 0 Å². The molecule has 0 radical (unpaired) electrons. The number of esters is 1. The van der Waals surface area contributed by atoms with Crippen LogP contribution >= 0.6 is 11.6 Å². The van der Waals surface area contributed by atoms with Crippen LogP contribution in [0.2, 0.25) is 5.02 Å². The van der Waals surface area contributed by atoms with Gasteiger partial charge in [0.2, 0.25) is 5.91 Å². The van der Waals surface area contributed by atoms with Crippen molar-refractivity contribution in [1.29, 1.82) is 0 Å². The number of amides is 1. The Morgan fingerprint density at radius 3 is 2.46 bits per heavy atom. The van der Waals surface area contributed by atoms with Gasteiger partial charge < -0.3 is 14.8 Å². The first-order valence-electron chi connectivity index (χ1n) is 10.7. The lowest BCUT2D eigenvalue weighted by Gasteiger charge is -2.36. The van der Waals surface area contributed by atoms with Crippen molar-refractivity contribution in [1.82, 2.24) is 9.03 Å². The number of halogens is 2. The minimum atomic E-state index is -3.97. The smallest absolute Gasteiger partial charge is 0.344 e. The monoisotopic (exact) mass is 527 g/mol. The van der Waals surface area contributed by atoms with Crippen molar-refractivity contribution < 1.29 is 31.9 Å². The molecule has 0 aliphatic carbocycles. The maximum Gasteiger partial charge on any atom is 0.344 e. The zero-order valence-electron chi connectivity index (χ0n) is 19.7. The molecule has 0 spiro atoms. The number of nitrogens with zero attached hydrogens (tertiary/aromatic N) is 1. The molecule has 2 aromatic rings.